The maximum absolute atomic E-state index is 12.9. The third kappa shape index (κ3) is 5.61. The summed E-state index contributed by atoms with van der Waals surface area (Å²) in [6.45, 7) is 7.87. The Balaban J connectivity index is 2.79. The summed E-state index contributed by atoms with van der Waals surface area (Å²) >= 11 is 0. The molecule has 130 valence electrons. The molecule has 0 fully saturated rings. The summed E-state index contributed by atoms with van der Waals surface area (Å²) in [5, 5.41) is 0. The molecule has 0 bridgehead atoms. The van der Waals surface area contributed by atoms with E-state index in [1.165, 1.54) is 0 Å². The molecule has 1 aromatic rings. The van der Waals surface area contributed by atoms with Crippen molar-refractivity contribution >= 4 is 5.91 Å². The standard InChI is InChI=1S/C18H29NO4/c1-5-18(23-15-21-4,17(20)19(6-2)7-3)14-22-13-16-11-9-8-10-12-16/h8-12H,5-7,13-15H2,1-4H3. The molecule has 1 amide bonds. The Hall–Kier alpha value is -1.43. The minimum absolute atomic E-state index is 0.0462. The second-order valence-corrected chi connectivity index (χ2v) is 5.35. The van der Waals surface area contributed by atoms with Gasteiger partial charge in [-0.15, -0.1) is 0 Å². The number of hydrogen-bond donors (Lipinski definition) is 0. The van der Waals surface area contributed by atoms with E-state index in [-0.39, 0.29) is 19.3 Å². The Morgan fingerprint density at radius 1 is 1.13 bits per heavy atom. The van der Waals surface area contributed by atoms with Crippen molar-refractivity contribution in [3.8, 4) is 0 Å². The zero-order chi connectivity index (χ0) is 17.1. The van der Waals surface area contributed by atoms with Gasteiger partial charge in [-0.3, -0.25) is 4.79 Å². The lowest BCUT2D eigenvalue weighted by Crippen LogP contribution is -2.53. The number of amides is 1. The van der Waals surface area contributed by atoms with Crippen LogP contribution in [0.3, 0.4) is 0 Å². The van der Waals surface area contributed by atoms with Gasteiger partial charge in [-0.05, 0) is 25.8 Å². The molecule has 0 aliphatic carbocycles. The van der Waals surface area contributed by atoms with Crippen LogP contribution in [0.1, 0.15) is 32.8 Å². The fourth-order valence-electron chi connectivity index (χ4n) is 2.40. The quantitative estimate of drug-likeness (QED) is 0.588. The first kappa shape index (κ1) is 19.6. The van der Waals surface area contributed by atoms with Gasteiger partial charge in [-0.25, -0.2) is 0 Å². The van der Waals surface area contributed by atoms with Crippen LogP contribution in [0, 0.1) is 0 Å². The van der Waals surface area contributed by atoms with Gasteiger partial charge in [-0.1, -0.05) is 37.3 Å². The molecule has 0 spiro atoms. The van der Waals surface area contributed by atoms with Gasteiger partial charge in [0, 0.05) is 20.2 Å². The maximum atomic E-state index is 12.9. The Kier molecular flexibility index (Phi) is 8.84. The first-order valence-electron chi connectivity index (χ1n) is 8.17. The molecule has 23 heavy (non-hydrogen) atoms. The topological polar surface area (TPSA) is 48.0 Å². The number of benzene rings is 1. The molecule has 0 heterocycles. The van der Waals surface area contributed by atoms with E-state index in [4.69, 9.17) is 14.2 Å². The molecule has 0 aliphatic rings. The number of rotatable bonds is 11. The lowest BCUT2D eigenvalue weighted by molar-refractivity contribution is -0.188. The highest BCUT2D eigenvalue weighted by molar-refractivity contribution is 5.85. The highest BCUT2D eigenvalue weighted by Gasteiger charge is 2.40. The average molecular weight is 323 g/mol. The molecular weight excluding hydrogens is 294 g/mol. The summed E-state index contributed by atoms with van der Waals surface area (Å²) in [4.78, 5) is 14.6. The van der Waals surface area contributed by atoms with Crippen molar-refractivity contribution in [3.05, 3.63) is 35.9 Å². The number of likely N-dealkylation sites (N-methyl/N-ethyl adjacent to an activating group) is 1. The average Bonchev–Trinajstić information content (AvgIpc) is 2.60. The Labute approximate surface area is 139 Å². The van der Waals surface area contributed by atoms with Crippen molar-refractivity contribution in [2.24, 2.45) is 0 Å². The van der Waals surface area contributed by atoms with E-state index < -0.39 is 5.60 Å². The number of carbonyl (C=O) groups excluding carboxylic acids is 1. The van der Waals surface area contributed by atoms with Gasteiger partial charge < -0.3 is 19.1 Å². The normalized spacial score (nSPS) is 13.6. The largest absolute Gasteiger partial charge is 0.373 e. The van der Waals surface area contributed by atoms with E-state index in [1.807, 2.05) is 51.1 Å². The van der Waals surface area contributed by atoms with Crippen LogP contribution in [0.25, 0.3) is 0 Å². The zero-order valence-electron chi connectivity index (χ0n) is 14.7. The molecule has 1 unspecified atom stereocenters. The van der Waals surface area contributed by atoms with Crippen LogP contribution >= 0.6 is 0 Å². The summed E-state index contributed by atoms with van der Waals surface area (Å²) in [6, 6.07) is 9.89. The third-order valence-corrected chi connectivity index (χ3v) is 3.91. The molecule has 5 nitrogen and oxygen atoms in total. The van der Waals surface area contributed by atoms with Gasteiger partial charge in [0.05, 0.1) is 13.2 Å². The molecule has 1 aromatic carbocycles. The SMILES string of the molecule is CCN(CC)C(=O)C(CC)(COCc1ccccc1)OCOC. The molecule has 0 aromatic heterocycles. The predicted molar refractivity (Wildman–Crippen MR) is 90.0 cm³/mol. The molecule has 0 radical (unpaired) electrons. The first-order chi connectivity index (χ1) is 11.1. The van der Waals surface area contributed by atoms with Gasteiger partial charge in [-0.2, -0.15) is 0 Å². The van der Waals surface area contributed by atoms with Crippen LogP contribution in [0.4, 0.5) is 0 Å². The molecule has 0 saturated heterocycles. The number of carbonyl (C=O) groups is 1. The van der Waals surface area contributed by atoms with Crippen molar-refractivity contribution in [1.82, 2.24) is 4.90 Å². The first-order valence-corrected chi connectivity index (χ1v) is 8.17. The fourth-order valence-corrected chi connectivity index (χ4v) is 2.40. The molecule has 0 saturated carbocycles. The van der Waals surface area contributed by atoms with Crippen LogP contribution in [0.5, 0.6) is 0 Å². The minimum atomic E-state index is -1.00. The molecule has 1 atom stereocenters. The van der Waals surface area contributed by atoms with Gasteiger partial charge >= 0.3 is 0 Å². The minimum Gasteiger partial charge on any atom is -0.373 e. The number of nitrogens with zero attached hydrogens (tertiary/aromatic N) is 1. The van der Waals surface area contributed by atoms with Crippen LogP contribution < -0.4 is 0 Å². The molecule has 0 N–H and O–H groups in total. The monoisotopic (exact) mass is 323 g/mol. The van der Waals surface area contributed by atoms with Gasteiger partial charge in [0.2, 0.25) is 0 Å². The van der Waals surface area contributed by atoms with Crippen molar-refractivity contribution < 1.29 is 19.0 Å². The van der Waals surface area contributed by atoms with E-state index in [0.29, 0.717) is 26.1 Å². The van der Waals surface area contributed by atoms with Crippen molar-refractivity contribution in [1.29, 1.82) is 0 Å². The highest BCUT2D eigenvalue weighted by atomic mass is 16.7. The van der Waals surface area contributed by atoms with Gasteiger partial charge in [0.25, 0.3) is 5.91 Å². The smallest absolute Gasteiger partial charge is 0.257 e. The molecule has 0 aliphatic heterocycles. The Morgan fingerprint density at radius 2 is 1.78 bits per heavy atom. The van der Waals surface area contributed by atoms with E-state index in [2.05, 4.69) is 0 Å². The summed E-state index contributed by atoms with van der Waals surface area (Å²) in [6.07, 6.45) is 0.528. The number of hydrogen-bond acceptors (Lipinski definition) is 4. The summed E-state index contributed by atoms with van der Waals surface area (Å²) in [7, 11) is 1.55. The number of methoxy groups -OCH3 is 1. The third-order valence-electron chi connectivity index (χ3n) is 3.91. The summed E-state index contributed by atoms with van der Waals surface area (Å²) in [5.74, 6) is -0.0462. The van der Waals surface area contributed by atoms with Crippen molar-refractivity contribution in [3.63, 3.8) is 0 Å². The predicted octanol–water partition coefficient (Wildman–Crippen LogP) is 2.84. The summed E-state index contributed by atoms with van der Waals surface area (Å²) in [5.41, 5.74) is 0.0658. The molecule has 5 heteroatoms. The number of ether oxygens (including phenoxy) is 3. The van der Waals surface area contributed by atoms with Crippen LogP contribution in [0.15, 0.2) is 30.3 Å². The van der Waals surface area contributed by atoms with Crippen molar-refractivity contribution in [2.75, 3.05) is 33.6 Å². The second kappa shape index (κ2) is 10.4. The molecular formula is C18H29NO4. The zero-order valence-corrected chi connectivity index (χ0v) is 14.7. The lowest BCUT2D eigenvalue weighted by atomic mass is 9.99. The van der Waals surface area contributed by atoms with E-state index in [1.54, 1.807) is 12.0 Å². The highest BCUT2D eigenvalue weighted by Crippen LogP contribution is 2.21. The lowest BCUT2D eigenvalue weighted by Gasteiger charge is -2.35. The van der Waals surface area contributed by atoms with Gasteiger partial charge in [0.1, 0.15) is 6.79 Å². The van der Waals surface area contributed by atoms with Crippen molar-refractivity contribution in [2.45, 2.75) is 39.4 Å². The van der Waals surface area contributed by atoms with E-state index >= 15 is 0 Å². The summed E-state index contributed by atoms with van der Waals surface area (Å²) < 4.78 is 16.6. The van der Waals surface area contributed by atoms with E-state index in [9.17, 15) is 4.79 Å². The van der Waals surface area contributed by atoms with Crippen LogP contribution in [-0.2, 0) is 25.6 Å². The molecule has 1 rings (SSSR count). The van der Waals surface area contributed by atoms with Crippen LogP contribution in [0.2, 0.25) is 0 Å². The van der Waals surface area contributed by atoms with Crippen LogP contribution in [-0.4, -0.2) is 50.0 Å². The van der Waals surface area contributed by atoms with Gasteiger partial charge in [0.15, 0.2) is 5.60 Å². The fraction of sp³-hybridized carbons (Fsp3) is 0.611. The second-order valence-electron chi connectivity index (χ2n) is 5.35. The maximum Gasteiger partial charge on any atom is 0.257 e. The Bertz CT molecular complexity index is 448. The Morgan fingerprint density at radius 3 is 2.30 bits per heavy atom. The van der Waals surface area contributed by atoms with E-state index in [0.717, 1.165) is 5.56 Å².